The van der Waals surface area contributed by atoms with Crippen LogP contribution in [0.5, 0.6) is 0 Å². The molecular formula is C12H17N3O2. The highest BCUT2D eigenvalue weighted by Crippen LogP contribution is 2.09. The fourth-order valence-electron chi connectivity index (χ4n) is 1.52. The number of rotatable bonds is 4. The van der Waals surface area contributed by atoms with Crippen molar-refractivity contribution in [2.45, 2.75) is 19.4 Å². The highest BCUT2D eigenvalue weighted by Gasteiger charge is 2.16. The SMILES string of the molecule is CC(O)CCN(C)C(=O)c1cc(C#N)cn1C. The van der Waals surface area contributed by atoms with E-state index in [1.807, 2.05) is 6.07 Å². The summed E-state index contributed by atoms with van der Waals surface area (Å²) in [5.74, 6) is -0.144. The number of aromatic nitrogens is 1. The Morgan fingerprint density at radius 3 is 2.82 bits per heavy atom. The fourth-order valence-corrected chi connectivity index (χ4v) is 1.52. The van der Waals surface area contributed by atoms with Crippen LogP contribution in [0.2, 0.25) is 0 Å². The molecule has 1 heterocycles. The molecule has 1 unspecified atom stereocenters. The minimum Gasteiger partial charge on any atom is -0.393 e. The van der Waals surface area contributed by atoms with Crippen molar-refractivity contribution in [1.82, 2.24) is 9.47 Å². The van der Waals surface area contributed by atoms with Gasteiger partial charge in [0.25, 0.3) is 5.91 Å². The number of hydrogen-bond acceptors (Lipinski definition) is 3. The first-order valence-electron chi connectivity index (χ1n) is 5.45. The van der Waals surface area contributed by atoms with Gasteiger partial charge in [-0.2, -0.15) is 5.26 Å². The van der Waals surface area contributed by atoms with Gasteiger partial charge in [0.15, 0.2) is 0 Å². The van der Waals surface area contributed by atoms with Crippen molar-refractivity contribution in [3.8, 4) is 6.07 Å². The molecule has 1 amide bonds. The zero-order chi connectivity index (χ0) is 13.0. The number of amides is 1. The van der Waals surface area contributed by atoms with Gasteiger partial charge in [0.2, 0.25) is 0 Å². The number of carbonyl (C=O) groups excluding carboxylic acids is 1. The van der Waals surface area contributed by atoms with E-state index in [-0.39, 0.29) is 5.91 Å². The third kappa shape index (κ3) is 3.33. The molecule has 1 N–H and O–H groups in total. The molecule has 0 aromatic carbocycles. The van der Waals surface area contributed by atoms with E-state index in [1.54, 1.807) is 42.7 Å². The minimum atomic E-state index is -0.423. The molecule has 92 valence electrons. The smallest absolute Gasteiger partial charge is 0.270 e. The Morgan fingerprint density at radius 1 is 1.71 bits per heavy atom. The molecule has 1 aromatic heterocycles. The van der Waals surface area contributed by atoms with Gasteiger partial charge in [0.1, 0.15) is 11.8 Å². The summed E-state index contributed by atoms with van der Waals surface area (Å²) in [7, 11) is 3.42. The Labute approximate surface area is 101 Å². The lowest BCUT2D eigenvalue weighted by atomic mass is 10.2. The molecule has 0 aliphatic heterocycles. The third-order valence-electron chi connectivity index (χ3n) is 2.58. The zero-order valence-electron chi connectivity index (χ0n) is 10.3. The zero-order valence-corrected chi connectivity index (χ0v) is 10.3. The summed E-state index contributed by atoms with van der Waals surface area (Å²) in [6.45, 7) is 2.18. The Kier molecular flexibility index (Phi) is 4.30. The maximum atomic E-state index is 12.0. The van der Waals surface area contributed by atoms with Gasteiger partial charge in [0.05, 0.1) is 11.7 Å². The molecular weight excluding hydrogens is 218 g/mol. The standard InChI is InChI=1S/C12H17N3O2/c1-9(16)4-5-14(2)12(17)11-6-10(7-13)8-15(11)3/h6,8-9,16H,4-5H2,1-3H3. The molecule has 0 saturated carbocycles. The second-order valence-corrected chi connectivity index (χ2v) is 4.20. The van der Waals surface area contributed by atoms with E-state index in [9.17, 15) is 4.79 Å². The molecule has 1 aromatic rings. The van der Waals surface area contributed by atoms with E-state index in [0.717, 1.165) is 0 Å². The largest absolute Gasteiger partial charge is 0.393 e. The van der Waals surface area contributed by atoms with Crippen molar-refractivity contribution in [3.05, 3.63) is 23.5 Å². The molecule has 0 saturated heterocycles. The summed E-state index contributed by atoms with van der Waals surface area (Å²) in [5.41, 5.74) is 0.953. The van der Waals surface area contributed by atoms with Crippen molar-refractivity contribution in [3.63, 3.8) is 0 Å². The summed E-state index contributed by atoms with van der Waals surface area (Å²) in [6, 6.07) is 3.57. The normalized spacial score (nSPS) is 11.9. The van der Waals surface area contributed by atoms with E-state index < -0.39 is 6.10 Å². The van der Waals surface area contributed by atoms with Gasteiger partial charge >= 0.3 is 0 Å². The number of aliphatic hydroxyl groups is 1. The van der Waals surface area contributed by atoms with Gasteiger partial charge in [-0.15, -0.1) is 0 Å². The van der Waals surface area contributed by atoms with Crippen molar-refractivity contribution in [2.24, 2.45) is 7.05 Å². The lowest BCUT2D eigenvalue weighted by molar-refractivity contribution is 0.0759. The van der Waals surface area contributed by atoms with Gasteiger partial charge < -0.3 is 14.6 Å². The predicted molar refractivity (Wildman–Crippen MR) is 63.4 cm³/mol. The van der Waals surface area contributed by atoms with Crippen LogP contribution in [0.25, 0.3) is 0 Å². The number of aliphatic hydroxyl groups excluding tert-OH is 1. The average Bonchev–Trinajstić information content (AvgIpc) is 2.66. The quantitative estimate of drug-likeness (QED) is 0.836. The van der Waals surface area contributed by atoms with E-state index >= 15 is 0 Å². The molecule has 1 atom stereocenters. The Hall–Kier alpha value is -1.80. The molecule has 17 heavy (non-hydrogen) atoms. The number of carbonyl (C=O) groups is 1. The summed E-state index contributed by atoms with van der Waals surface area (Å²) in [6.07, 6.45) is 1.74. The van der Waals surface area contributed by atoms with Crippen LogP contribution in [0.3, 0.4) is 0 Å². The molecule has 0 bridgehead atoms. The highest BCUT2D eigenvalue weighted by molar-refractivity contribution is 5.93. The van der Waals surface area contributed by atoms with E-state index in [4.69, 9.17) is 10.4 Å². The van der Waals surface area contributed by atoms with Crippen LogP contribution >= 0.6 is 0 Å². The van der Waals surface area contributed by atoms with Crippen molar-refractivity contribution >= 4 is 5.91 Å². The van der Waals surface area contributed by atoms with Gasteiger partial charge in [-0.3, -0.25) is 4.79 Å². The third-order valence-corrected chi connectivity index (χ3v) is 2.58. The van der Waals surface area contributed by atoms with Crippen molar-refractivity contribution in [2.75, 3.05) is 13.6 Å². The fraction of sp³-hybridized carbons (Fsp3) is 0.500. The van der Waals surface area contributed by atoms with E-state index in [0.29, 0.717) is 24.2 Å². The van der Waals surface area contributed by atoms with Gasteiger partial charge in [-0.1, -0.05) is 0 Å². The monoisotopic (exact) mass is 235 g/mol. The molecule has 0 spiro atoms. The van der Waals surface area contributed by atoms with E-state index in [2.05, 4.69) is 0 Å². The maximum Gasteiger partial charge on any atom is 0.270 e. The summed E-state index contributed by atoms with van der Waals surface area (Å²) < 4.78 is 1.64. The Morgan fingerprint density at radius 2 is 2.35 bits per heavy atom. The molecule has 0 radical (unpaired) electrons. The predicted octanol–water partition coefficient (Wildman–Crippen LogP) is 0.740. The first-order valence-corrected chi connectivity index (χ1v) is 5.45. The first kappa shape index (κ1) is 13.3. The topological polar surface area (TPSA) is 69.3 Å². The summed E-state index contributed by atoms with van der Waals surface area (Å²) >= 11 is 0. The molecule has 0 aliphatic rings. The molecule has 5 heteroatoms. The molecule has 0 fully saturated rings. The molecule has 5 nitrogen and oxygen atoms in total. The number of hydrogen-bond donors (Lipinski definition) is 1. The second kappa shape index (κ2) is 5.51. The number of aryl methyl sites for hydroxylation is 1. The van der Waals surface area contributed by atoms with Crippen LogP contribution in [0.1, 0.15) is 29.4 Å². The van der Waals surface area contributed by atoms with Crippen LogP contribution in [0.4, 0.5) is 0 Å². The van der Waals surface area contributed by atoms with Gasteiger partial charge in [0, 0.05) is 26.8 Å². The van der Waals surface area contributed by atoms with Crippen LogP contribution in [0, 0.1) is 11.3 Å². The lowest BCUT2D eigenvalue weighted by Crippen LogP contribution is -2.30. The van der Waals surface area contributed by atoms with E-state index in [1.165, 1.54) is 0 Å². The average molecular weight is 235 g/mol. The van der Waals surface area contributed by atoms with Crippen molar-refractivity contribution in [1.29, 1.82) is 5.26 Å². The maximum absolute atomic E-state index is 12.0. The number of nitrogens with zero attached hydrogens (tertiary/aromatic N) is 3. The molecule has 1 rings (SSSR count). The van der Waals surface area contributed by atoms with Crippen molar-refractivity contribution < 1.29 is 9.90 Å². The van der Waals surface area contributed by atoms with Crippen LogP contribution in [0.15, 0.2) is 12.3 Å². The van der Waals surface area contributed by atoms with Crippen LogP contribution in [-0.4, -0.2) is 40.2 Å². The second-order valence-electron chi connectivity index (χ2n) is 4.20. The first-order chi connectivity index (χ1) is 7.95. The highest BCUT2D eigenvalue weighted by atomic mass is 16.3. The Bertz CT molecular complexity index is 443. The summed E-state index contributed by atoms with van der Waals surface area (Å²) in [5, 5.41) is 17.9. The van der Waals surface area contributed by atoms with Crippen LogP contribution in [-0.2, 0) is 7.05 Å². The molecule has 0 aliphatic carbocycles. The van der Waals surface area contributed by atoms with Gasteiger partial charge in [-0.05, 0) is 19.4 Å². The number of nitriles is 1. The Balaban J connectivity index is 2.75. The van der Waals surface area contributed by atoms with Crippen LogP contribution < -0.4 is 0 Å². The lowest BCUT2D eigenvalue weighted by Gasteiger charge is -2.18. The minimum absolute atomic E-state index is 0.144. The summed E-state index contributed by atoms with van der Waals surface area (Å²) in [4.78, 5) is 13.6. The van der Waals surface area contributed by atoms with Gasteiger partial charge in [-0.25, -0.2) is 0 Å².